The molecule has 0 unspecified atom stereocenters. The van der Waals surface area contributed by atoms with Crippen molar-refractivity contribution in [1.82, 2.24) is 14.5 Å². The third kappa shape index (κ3) is 4.21. The number of sulfonamides is 1. The van der Waals surface area contributed by atoms with E-state index < -0.39 is 10.0 Å². The molecule has 134 valence electrons. The number of Topliss-reactive ketones (excluding diaryl/α,β-unsaturated/α-hetero) is 1. The van der Waals surface area contributed by atoms with Crippen LogP contribution >= 0.6 is 11.3 Å². The highest BCUT2D eigenvalue weighted by atomic mass is 32.2. The fourth-order valence-electron chi connectivity index (χ4n) is 2.39. The summed E-state index contributed by atoms with van der Waals surface area (Å²) < 4.78 is 31.9. The molecule has 1 aromatic heterocycles. The van der Waals surface area contributed by atoms with E-state index in [2.05, 4.69) is 15.5 Å². The number of nitrogens with one attached hydrogen (secondary N) is 1. The number of rotatable bonds is 6. The van der Waals surface area contributed by atoms with Crippen LogP contribution in [0.4, 0.5) is 5.13 Å². The molecular weight excluding hydrogens is 364 g/mol. The lowest BCUT2D eigenvalue weighted by atomic mass is 10.1. The lowest BCUT2D eigenvalue weighted by Gasteiger charge is -2.26. The first-order valence-electron chi connectivity index (χ1n) is 7.72. The molecule has 2 aromatic rings. The summed E-state index contributed by atoms with van der Waals surface area (Å²) in [4.78, 5) is 12.5. The summed E-state index contributed by atoms with van der Waals surface area (Å²) in [6.45, 7) is 3.24. The van der Waals surface area contributed by atoms with Crippen LogP contribution in [0.1, 0.15) is 15.4 Å². The Kier molecular flexibility index (Phi) is 5.42. The second kappa shape index (κ2) is 7.56. The van der Waals surface area contributed by atoms with Crippen LogP contribution in [0.25, 0.3) is 0 Å². The molecule has 25 heavy (non-hydrogen) atoms. The highest BCUT2D eigenvalue weighted by Gasteiger charge is 2.26. The molecule has 3 rings (SSSR count). The molecule has 0 radical (unpaired) electrons. The molecule has 1 saturated heterocycles. The number of nitrogens with zero attached hydrogens (tertiary/aromatic N) is 3. The quantitative estimate of drug-likeness (QED) is 0.748. The highest BCUT2D eigenvalue weighted by Crippen LogP contribution is 2.19. The van der Waals surface area contributed by atoms with Gasteiger partial charge in [0.05, 0.1) is 24.7 Å². The number of aryl methyl sites for hydroxylation is 1. The van der Waals surface area contributed by atoms with Crippen LogP contribution < -0.4 is 5.32 Å². The summed E-state index contributed by atoms with van der Waals surface area (Å²) in [5.74, 6) is -0.216. The van der Waals surface area contributed by atoms with E-state index in [1.54, 1.807) is 12.1 Å². The Morgan fingerprint density at radius 1 is 1.32 bits per heavy atom. The molecular formula is C15H18N4O4S2. The molecule has 1 aliphatic heterocycles. The maximum atomic E-state index is 12.7. The number of morpholine rings is 1. The fourth-order valence-corrected chi connectivity index (χ4v) is 4.43. The second-order valence-corrected chi connectivity index (χ2v) is 8.57. The maximum absolute atomic E-state index is 12.7. The van der Waals surface area contributed by atoms with Crippen molar-refractivity contribution in [3.63, 3.8) is 0 Å². The minimum atomic E-state index is -3.62. The first-order chi connectivity index (χ1) is 12.0. The number of ether oxygens (including phenoxy) is 1. The summed E-state index contributed by atoms with van der Waals surface area (Å²) >= 11 is 1.35. The molecule has 0 amide bonds. The van der Waals surface area contributed by atoms with Crippen LogP contribution in [-0.4, -0.2) is 61.6 Å². The zero-order valence-electron chi connectivity index (χ0n) is 13.6. The van der Waals surface area contributed by atoms with Gasteiger partial charge in [0, 0.05) is 18.7 Å². The molecule has 1 aliphatic rings. The van der Waals surface area contributed by atoms with Crippen LogP contribution in [0.5, 0.6) is 0 Å². The highest BCUT2D eigenvalue weighted by molar-refractivity contribution is 7.89. The number of aromatic nitrogens is 2. The van der Waals surface area contributed by atoms with Crippen LogP contribution in [0.15, 0.2) is 29.2 Å². The molecule has 10 heteroatoms. The van der Waals surface area contributed by atoms with Gasteiger partial charge < -0.3 is 10.1 Å². The normalized spacial score (nSPS) is 15.9. The van der Waals surface area contributed by atoms with Gasteiger partial charge in [0.2, 0.25) is 15.2 Å². The van der Waals surface area contributed by atoms with E-state index in [9.17, 15) is 13.2 Å². The lowest BCUT2D eigenvalue weighted by molar-refractivity contribution is 0.0730. The van der Waals surface area contributed by atoms with E-state index in [0.29, 0.717) is 37.0 Å². The zero-order chi connectivity index (χ0) is 17.9. The largest absolute Gasteiger partial charge is 0.379 e. The smallest absolute Gasteiger partial charge is 0.243 e. The number of carbonyl (C=O) groups excluding carboxylic acids is 1. The monoisotopic (exact) mass is 382 g/mol. The van der Waals surface area contributed by atoms with Crippen LogP contribution in [0, 0.1) is 6.92 Å². The van der Waals surface area contributed by atoms with E-state index in [1.165, 1.54) is 27.8 Å². The Labute approximate surface area is 149 Å². The van der Waals surface area contributed by atoms with Crippen LogP contribution in [0.2, 0.25) is 0 Å². The van der Waals surface area contributed by atoms with E-state index in [4.69, 9.17) is 4.74 Å². The van der Waals surface area contributed by atoms with Crippen molar-refractivity contribution in [2.45, 2.75) is 11.8 Å². The Morgan fingerprint density at radius 2 is 2.08 bits per heavy atom. The SMILES string of the molecule is Cc1nnc(NCC(=O)c2cccc(S(=O)(=O)N3CCOCC3)c2)s1. The Balaban J connectivity index is 1.73. The number of carbonyl (C=O) groups is 1. The van der Waals surface area contributed by atoms with E-state index in [1.807, 2.05) is 6.92 Å². The maximum Gasteiger partial charge on any atom is 0.243 e. The number of ketones is 1. The number of benzene rings is 1. The Morgan fingerprint density at radius 3 is 2.76 bits per heavy atom. The van der Waals surface area contributed by atoms with Crippen molar-refractivity contribution in [2.24, 2.45) is 0 Å². The molecule has 1 aromatic carbocycles. The standard InChI is InChI=1S/C15H18N4O4S2/c1-11-17-18-15(24-11)16-10-14(20)12-3-2-4-13(9-12)25(21,22)19-5-7-23-8-6-19/h2-4,9H,5-8,10H2,1H3,(H,16,18). The minimum absolute atomic E-state index is 0.0235. The Hall–Kier alpha value is -1.88. The molecule has 1 N–H and O–H groups in total. The predicted octanol–water partition coefficient (Wildman–Crippen LogP) is 1.16. The number of anilines is 1. The van der Waals surface area contributed by atoms with Gasteiger partial charge >= 0.3 is 0 Å². The average Bonchev–Trinajstić information content (AvgIpc) is 3.06. The van der Waals surface area contributed by atoms with Gasteiger partial charge in [-0.2, -0.15) is 4.31 Å². The van der Waals surface area contributed by atoms with Gasteiger partial charge in [0.15, 0.2) is 5.78 Å². The second-order valence-electron chi connectivity index (χ2n) is 5.45. The topological polar surface area (TPSA) is 101 Å². The zero-order valence-corrected chi connectivity index (χ0v) is 15.3. The van der Waals surface area contributed by atoms with Gasteiger partial charge in [-0.1, -0.05) is 23.5 Å². The van der Waals surface area contributed by atoms with E-state index in [0.717, 1.165) is 5.01 Å². The summed E-state index contributed by atoms with van der Waals surface area (Å²) in [5.41, 5.74) is 0.336. The average molecular weight is 382 g/mol. The lowest BCUT2D eigenvalue weighted by Crippen LogP contribution is -2.40. The Bertz CT molecular complexity index is 860. The third-order valence-electron chi connectivity index (χ3n) is 3.69. The number of hydrogen-bond donors (Lipinski definition) is 1. The fraction of sp³-hybridized carbons (Fsp3) is 0.400. The van der Waals surface area contributed by atoms with Crippen molar-refractivity contribution in [1.29, 1.82) is 0 Å². The van der Waals surface area contributed by atoms with E-state index in [-0.39, 0.29) is 17.2 Å². The molecule has 0 spiro atoms. The van der Waals surface area contributed by atoms with Gasteiger partial charge in [0.25, 0.3) is 0 Å². The number of hydrogen-bond acceptors (Lipinski definition) is 8. The van der Waals surface area contributed by atoms with Crippen molar-refractivity contribution in [3.05, 3.63) is 34.8 Å². The molecule has 2 heterocycles. The van der Waals surface area contributed by atoms with Gasteiger partial charge in [-0.25, -0.2) is 8.42 Å². The van der Waals surface area contributed by atoms with Crippen molar-refractivity contribution >= 4 is 32.3 Å². The first kappa shape index (κ1) is 17.9. The first-order valence-corrected chi connectivity index (χ1v) is 9.97. The van der Waals surface area contributed by atoms with Crippen LogP contribution in [-0.2, 0) is 14.8 Å². The summed E-state index contributed by atoms with van der Waals surface area (Å²) in [6.07, 6.45) is 0. The molecule has 0 aliphatic carbocycles. The van der Waals surface area contributed by atoms with Gasteiger partial charge in [0.1, 0.15) is 5.01 Å². The molecule has 1 fully saturated rings. The molecule has 0 atom stereocenters. The molecule has 8 nitrogen and oxygen atoms in total. The van der Waals surface area contributed by atoms with Crippen LogP contribution in [0.3, 0.4) is 0 Å². The van der Waals surface area contributed by atoms with Gasteiger partial charge in [-0.05, 0) is 19.1 Å². The molecule has 0 saturated carbocycles. The van der Waals surface area contributed by atoms with Gasteiger partial charge in [-0.15, -0.1) is 10.2 Å². The summed E-state index contributed by atoms with van der Waals surface area (Å²) in [6, 6.07) is 6.10. The van der Waals surface area contributed by atoms with Gasteiger partial charge in [-0.3, -0.25) is 4.79 Å². The molecule has 0 bridgehead atoms. The minimum Gasteiger partial charge on any atom is -0.379 e. The summed E-state index contributed by atoms with van der Waals surface area (Å²) in [5, 5.41) is 12.0. The van der Waals surface area contributed by atoms with E-state index >= 15 is 0 Å². The third-order valence-corrected chi connectivity index (χ3v) is 6.38. The predicted molar refractivity (Wildman–Crippen MR) is 93.5 cm³/mol. The van der Waals surface area contributed by atoms with Crippen molar-refractivity contribution in [2.75, 3.05) is 38.2 Å². The van der Waals surface area contributed by atoms with Crippen molar-refractivity contribution in [3.8, 4) is 0 Å². The summed E-state index contributed by atoms with van der Waals surface area (Å²) in [7, 11) is -3.62. The van der Waals surface area contributed by atoms with Crippen molar-refractivity contribution < 1.29 is 17.9 Å².